The molecule has 4 nitrogen and oxygen atoms in total. The second kappa shape index (κ2) is 6.06. The molecule has 21 heavy (non-hydrogen) atoms. The molecule has 0 saturated carbocycles. The summed E-state index contributed by atoms with van der Waals surface area (Å²) in [6.45, 7) is 6.57. The van der Waals surface area contributed by atoms with Gasteiger partial charge in [-0.05, 0) is 30.9 Å². The first kappa shape index (κ1) is 14.4. The van der Waals surface area contributed by atoms with Crippen LogP contribution in [0.1, 0.15) is 32.3 Å². The van der Waals surface area contributed by atoms with Crippen LogP contribution in [0.5, 0.6) is 5.75 Å². The van der Waals surface area contributed by atoms with Gasteiger partial charge in [0, 0.05) is 18.5 Å². The molecule has 114 valence electrons. The minimum atomic E-state index is 0.228. The zero-order valence-electron chi connectivity index (χ0n) is 12.8. The summed E-state index contributed by atoms with van der Waals surface area (Å²) in [5.74, 6) is 1.73. The van der Waals surface area contributed by atoms with E-state index in [1.807, 2.05) is 23.1 Å². The second-order valence-corrected chi connectivity index (χ2v) is 6.25. The summed E-state index contributed by atoms with van der Waals surface area (Å²) in [6, 6.07) is 6.01. The van der Waals surface area contributed by atoms with Gasteiger partial charge in [0.1, 0.15) is 18.5 Å². The number of benzene rings is 1. The number of nitrogens with zero attached hydrogens (tertiary/aromatic N) is 1. The molecule has 1 atom stereocenters. The van der Waals surface area contributed by atoms with Crippen LogP contribution >= 0.6 is 0 Å². The fourth-order valence-corrected chi connectivity index (χ4v) is 2.67. The van der Waals surface area contributed by atoms with E-state index < -0.39 is 0 Å². The van der Waals surface area contributed by atoms with E-state index in [1.165, 1.54) is 5.56 Å². The van der Waals surface area contributed by atoms with Crippen LogP contribution in [0.2, 0.25) is 0 Å². The van der Waals surface area contributed by atoms with E-state index in [0.717, 1.165) is 37.4 Å². The van der Waals surface area contributed by atoms with Crippen LogP contribution in [0.25, 0.3) is 0 Å². The van der Waals surface area contributed by atoms with Crippen molar-refractivity contribution in [3.8, 4) is 5.75 Å². The Morgan fingerprint density at radius 3 is 2.90 bits per heavy atom. The SMILES string of the molecule is CC(C)CCN1C(=O)CCc2c(OCC3CO3)cccc21. The van der Waals surface area contributed by atoms with Crippen LogP contribution in [0.15, 0.2) is 18.2 Å². The molecule has 1 amide bonds. The van der Waals surface area contributed by atoms with Gasteiger partial charge < -0.3 is 14.4 Å². The van der Waals surface area contributed by atoms with Crippen molar-refractivity contribution in [1.82, 2.24) is 0 Å². The highest BCUT2D eigenvalue weighted by molar-refractivity contribution is 5.96. The Morgan fingerprint density at radius 2 is 2.19 bits per heavy atom. The van der Waals surface area contributed by atoms with Crippen molar-refractivity contribution in [2.24, 2.45) is 5.92 Å². The normalized spacial score (nSPS) is 20.6. The molecule has 1 unspecified atom stereocenters. The molecule has 2 aliphatic heterocycles. The first-order chi connectivity index (χ1) is 10.1. The maximum Gasteiger partial charge on any atom is 0.227 e. The zero-order chi connectivity index (χ0) is 14.8. The lowest BCUT2D eigenvalue weighted by Crippen LogP contribution is -2.36. The van der Waals surface area contributed by atoms with Crippen molar-refractivity contribution in [2.75, 3.05) is 24.7 Å². The monoisotopic (exact) mass is 289 g/mol. The smallest absolute Gasteiger partial charge is 0.227 e. The van der Waals surface area contributed by atoms with Crippen molar-refractivity contribution in [2.45, 2.75) is 39.2 Å². The lowest BCUT2D eigenvalue weighted by Gasteiger charge is -2.31. The van der Waals surface area contributed by atoms with Crippen LogP contribution in [0, 0.1) is 5.92 Å². The fourth-order valence-electron chi connectivity index (χ4n) is 2.67. The summed E-state index contributed by atoms with van der Waals surface area (Å²) >= 11 is 0. The topological polar surface area (TPSA) is 42.1 Å². The van der Waals surface area contributed by atoms with E-state index >= 15 is 0 Å². The highest BCUT2D eigenvalue weighted by atomic mass is 16.6. The van der Waals surface area contributed by atoms with Gasteiger partial charge in [0.25, 0.3) is 0 Å². The number of epoxide rings is 1. The maximum atomic E-state index is 12.2. The summed E-state index contributed by atoms with van der Waals surface area (Å²) < 4.78 is 11.1. The third-order valence-electron chi connectivity index (χ3n) is 4.05. The average molecular weight is 289 g/mol. The van der Waals surface area contributed by atoms with Gasteiger partial charge in [-0.1, -0.05) is 19.9 Å². The Hall–Kier alpha value is -1.55. The molecule has 4 heteroatoms. The number of anilines is 1. The maximum absolute atomic E-state index is 12.2. The Kier molecular flexibility index (Phi) is 4.15. The molecular formula is C17H23NO3. The fraction of sp³-hybridized carbons (Fsp3) is 0.588. The lowest BCUT2D eigenvalue weighted by molar-refractivity contribution is -0.118. The summed E-state index contributed by atoms with van der Waals surface area (Å²) in [6.07, 6.45) is 2.62. The number of carbonyl (C=O) groups excluding carboxylic acids is 1. The number of amides is 1. The molecule has 2 heterocycles. The molecule has 0 spiro atoms. The van der Waals surface area contributed by atoms with Gasteiger partial charge in [-0.25, -0.2) is 0 Å². The predicted molar refractivity (Wildman–Crippen MR) is 81.8 cm³/mol. The van der Waals surface area contributed by atoms with Crippen LogP contribution in [-0.2, 0) is 16.0 Å². The zero-order valence-corrected chi connectivity index (χ0v) is 12.8. The third-order valence-corrected chi connectivity index (χ3v) is 4.05. The molecule has 0 N–H and O–H groups in total. The number of hydrogen-bond donors (Lipinski definition) is 0. The molecule has 2 aliphatic rings. The number of rotatable bonds is 6. The van der Waals surface area contributed by atoms with E-state index in [1.54, 1.807) is 0 Å². The molecule has 0 bridgehead atoms. The summed E-state index contributed by atoms with van der Waals surface area (Å²) in [7, 11) is 0. The molecule has 3 rings (SSSR count). The van der Waals surface area contributed by atoms with E-state index in [9.17, 15) is 4.79 Å². The van der Waals surface area contributed by atoms with Crippen molar-refractivity contribution in [1.29, 1.82) is 0 Å². The Balaban J connectivity index is 1.79. The van der Waals surface area contributed by atoms with E-state index in [0.29, 0.717) is 18.9 Å². The highest BCUT2D eigenvalue weighted by Gasteiger charge is 2.28. The highest BCUT2D eigenvalue weighted by Crippen LogP contribution is 2.35. The van der Waals surface area contributed by atoms with E-state index in [2.05, 4.69) is 13.8 Å². The van der Waals surface area contributed by atoms with Crippen molar-refractivity contribution in [3.05, 3.63) is 23.8 Å². The molecule has 0 aliphatic carbocycles. The lowest BCUT2D eigenvalue weighted by atomic mass is 9.99. The van der Waals surface area contributed by atoms with E-state index in [-0.39, 0.29) is 12.0 Å². The van der Waals surface area contributed by atoms with E-state index in [4.69, 9.17) is 9.47 Å². The van der Waals surface area contributed by atoms with Gasteiger partial charge in [-0.15, -0.1) is 0 Å². The minimum absolute atomic E-state index is 0.228. The second-order valence-electron chi connectivity index (χ2n) is 6.25. The van der Waals surface area contributed by atoms with Crippen molar-refractivity contribution in [3.63, 3.8) is 0 Å². The van der Waals surface area contributed by atoms with Gasteiger partial charge in [0.05, 0.1) is 12.3 Å². The standard InChI is InChI=1S/C17H23NO3/c1-12(2)8-9-18-15-4-3-5-16(21-11-13-10-20-13)14(15)6-7-17(18)19/h3-5,12-13H,6-11H2,1-2H3. The van der Waals surface area contributed by atoms with Crippen LogP contribution < -0.4 is 9.64 Å². The Morgan fingerprint density at radius 1 is 1.38 bits per heavy atom. The predicted octanol–water partition coefficient (Wildman–Crippen LogP) is 2.79. The summed E-state index contributed by atoms with van der Waals surface area (Å²) in [5.41, 5.74) is 2.20. The van der Waals surface area contributed by atoms with Gasteiger partial charge in [0.2, 0.25) is 5.91 Å². The average Bonchev–Trinajstić information content (AvgIpc) is 3.27. The molecule has 1 saturated heterocycles. The third kappa shape index (κ3) is 3.38. The number of hydrogen-bond acceptors (Lipinski definition) is 3. The van der Waals surface area contributed by atoms with Gasteiger partial charge in [-0.2, -0.15) is 0 Å². The van der Waals surface area contributed by atoms with Crippen molar-refractivity contribution < 1.29 is 14.3 Å². The first-order valence-electron chi connectivity index (χ1n) is 7.82. The molecule has 0 radical (unpaired) electrons. The largest absolute Gasteiger partial charge is 0.490 e. The Bertz CT molecular complexity index is 523. The number of carbonyl (C=O) groups is 1. The first-order valence-corrected chi connectivity index (χ1v) is 7.82. The molecular weight excluding hydrogens is 266 g/mol. The molecule has 1 aromatic rings. The summed E-state index contributed by atoms with van der Waals surface area (Å²) in [4.78, 5) is 14.2. The van der Waals surface area contributed by atoms with Gasteiger partial charge in [-0.3, -0.25) is 4.79 Å². The molecule has 1 aromatic carbocycles. The molecule has 0 aromatic heterocycles. The van der Waals surface area contributed by atoms with Crippen LogP contribution in [0.4, 0.5) is 5.69 Å². The number of ether oxygens (including phenoxy) is 2. The van der Waals surface area contributed by atoms with Gasteiger partial charge in [0.15, 0.2) is 0 Å². The van der Waals surface area contributed by atoms with Crippen LogP contribution in [-0.4, -0.2) is 31.8 Å². The van der Waals surface area contributed by atoms with Crippen molar-refractivity contribution >= 4 is 11.6 Å². The summed E-state index contributed by atoms with van der Waals surface area (Å²) in [5, 5.41) is 0. The minimum Gasteiger partial charge on any atom is -0.490 e. The Labute approximate surface area is 126 Å². The van der Waals surface area contributed by atoms with Crippen LogP contribution in [0.3, 0.4) is 0 Å². The van der Waals surface area contributed by atoms with Gasteiger partial charge >= 0.3 is 0 Å². The number of fused-ring (bicyclic) bond motifs is 1. The quantitative estimate of drug-likeness (QED) is 0.756. The molecule has 1 fully saturated rings.